The summed E-state index contributed by atoms with van der Waals surface area (Å²) < 4.78 is 0. The van der Waals surface area contributed by atoms with Gasteiger partial charge in [0.05, 0.1) is 0 Å². The fourth-order valence-corrected chi connectivity index (χ4v) is 1.56. The van der Waals surface area contributed by atoms with Crippen molar-refractivity contribution in [1.82, 2.24) is 9.97 Å². The van der Waals surface area contributed by atoms with E-state index >= 15 is 0 Å². The maximum Gasteiger partial charge on any atom is 0.159 e. The lowest BCUT2D eigenvalue weighted by molar-refractivity contribution is 0.968. The van der Waals surface area contributed by atoms with Gasteiger partial charge >= 0.3 is 0 Å². The largest absolute Gasteiger partial charge is 0.244 e. The van der Waals surface area contributed by atoms with E-state index in [0.717, 1.165) is 5.82 Å². The molecular weight excluding hydrogens is 138 g/mol. The molecule has 3 nitrogen and oxygen atoms in total. The van der Waals surface area contributed by atoms with Crippen LogP contribution in [-0.2, 0) is 5.41 Å². The first-order chi connectivity index (χ1) is 5.41. The molecule has 1 aliphatic heterocycles. The van der Waals surface area contributed by atoms with E-state index < -0.39 is 0 Å². The molecule has 1 saturated carbocycles. The summed E-state index contributed by atoms with van der Waals surface area (Å²) in [5, 5.41) is 0. The van der Waals surface area contributed by atoms with Crippen molar-refractivity contribution < 1.29 is 0 Å². The number of aliphatic imine (C=N–C) groups is 1. The summed E-state index contributed by atoms with van der Waals surface area (Å²) in [6, 6.07) is 0. The molecule has 0 bridgehead atoms. The number of fused-ring (bicyclic) bond motifs is 2. The third-order valence-electron chi connectivity index (χ3n) is 2.45. The molecule has 0 aromatic carbocycles. The lowest BCUT2D eigenvalue weighted by atomic mass is 10.0. The van der Waals surface area contributed by atoms with Crippen LogP contribution in [0.3, 0.4) is 0 Å². The predicted octanol–water partition coefficient (Wildman–Crippen LogP) is 1.22. The summed E-state index contributed by atoms with van der Waals surface area (Å²) in [6.45, 7) is 0. The van der Waals surface area contributed by atoms with Crippen molar-refractivity contribution in [3.05, 3.63) is 18.1 Å². The van der Waals surface area contributed by atoms with Gasteiger partial charge < -0.3 is 0 Å². The van der Waals surface area contributed by atoms with Crippen LogP contribution in [0.2, 0.25) is 0 Å². The SMILES string of the molecule is C1=Nc2ncncc2C12CC2. The van der Waals surface area contributed by atoms with Crippen molar-refractivity contribution in [2.24, 2.45) is 4.99 Å². The van der Waals surface area contributed by atoms with Crippen LogP contribution in [0.5, 0.6) is 0 Å². The average Bonchev–Trinajstić information content (AvgIpc) is 2.72. The van der Waals surface area contributed by atoms with Gasteiger partial charge in [0.2, 0.25) is 0 Å². The lowest BCUT2D eigenvalue weighted by Crippen LogP contribution is -2.03. The molecule has 0 atom stereocenters. The van der Waals surface area contributed by atoms with E-state index in [1.165, 1.54) is 18.4 Å². The molecule has 0 radical (unpaired) electrons. The standard InChI is InChI=1S/C8H7N3/c1-2-8(1)4-10-7-6(8)3-9-5-11-7/h3-5H,1-2H2. The summed E-state index contributed by atoms with van der Waals surface area (Å²) in [7, 11) is 0. The third kappa shape index (κ3) is 0.557. The van der Waals surface area contributed by atoms with E-state index in [-0.39, 0.29) is 5.41 Å². The molecule has 11 heavy (non-hydrogen) atoms. The zero-order chi connectivity index (χ0) is 7.31. The summed E-state index contributed by atoms with van der Waals surface area (Å²) in [4.78, 5) is 12.3. The number of hydrogen-bond acceptors (Lipinski definition) is 3. The van der Waals surface area contributed by atoms with Crippen LogP contribution in [-0.4, -0.2) is 16.2 Å². The molecule has 0 amide bonds. The highest BCUT2D eigenvalue weighted by atomic mass is 15.0. The van der Waals surface area contributed by atoms with Gasteiger partial charge in [-0.05, 0) is 12.8 Å². The van der Waals surface area contributed by atoms with Crippen LogP contribution >= 0.6 is 0 Å². The Labute approximate surface area is 64.2 Å². The van der Waals surface area contributed by atoms with Crippen molar-refractivity contribution in [3.8, 4) is 0 Å². The molecule has 2 heterocycles. The van der Waals surface area contributed by atoms with Crippen LogP contribution in [0.25, 0.3) is 0 Å². The second-order valence-corrected chi connectivity index (χ2v) is 3.17. The molecule has 1 aromatic rings. The highest BCUT2D eigenvalue weighted by Gasteiger charge is 2.47. The molecule has 0 N–H and O–H groups in total. The quantitative estimate of drug-likeness (QED) is 0.550. The highest BCUT2D eigenvalue weighted by molar-refractivity contribution is 5.86. The minimum Gasteiger partial charge on any atom is -0.244 e. The molecule has 3 heteroatoms. The molecule has 0 unspecified atom stereocenters. The molecule has 1 fully saturated rings. The zero-order valence-corrected chi connectivity index (χ0v) is 5.99. The van der Waals surface area contributed by atoms with Gasteiger partial charge in [0.1, 0.15) is 6.33 Å². The Bertz CT molecular complexity index is 339. The highest BCUT2D eigenvalue weighted by Crippen LogP contribution is 2.52. The second-order valence-electron chi connectivity index (χ2n) is 3.17. The number of hydrogen-bond donors (Lipinski definition) is 0. The fourth-order valence-electron chi connectivity index (χ4n) is 1.56. The number of nitrogens with zero attached hydrogens (tertiary/aromatic N) is 3. The van der Waals surface area contributed by atoms with E-state index in [1.54, 1.807) is 6.33 Å². The smallest absolute Gasteiger partial charge is 0.159 e. The summed E-state index contributed by atoms with van der Waals surface area (Å²) in [5.74, 6) is 0.873. The van der Waals surface area contributed by atoms with Crippen LogP contribution in [0.15, 0.2) is 17.5 Å². The average molecular weight is 145 g/mol. The van der Waals surface area contributed by atoms with Gasteiger partial charge in [0.15, 0.2) is 5.82 Å². The summed E-state index contributed by atoms with van der Waals surface area (Å²) in [5.41, 5.74) is 1.48. The van der Waals surface area contributed by atoms with Gasteiger partial charge in [0.25, 0.3) is 0 Å². The Balaban J connectivity index is 2.28. The molecule has 54 valence electrons. The fraction of sp³-hybridized carbons (Fsp3) is 0.375. The van der Waals surface area contributed by atoms with Crippen molar-refractivity contribution >= 4 is 12.0 Å². The Morgan fingerprint density at radius 3 is 3.09 bits per heavy atom. The first kappa shape index (κ1) is 5.41. The Morgan fingerprint density at radius 1 is 1.36 bits per heavy atom. The molecule has 1 aromatic heterocycles. The Morgan fingerprint density at radius 2 is 2.27 bits per heavy atom. The van der Waals surface area contributed by atoms with Crippen LogP contribution in [0.1, 0.15) is 18.4 Å². The van der Waals surface area contributed by atoms with Crippen LogP contribution < -0.4 is 0 Å². The van der Waals surface area contributed by atoms with Gasteiger partial charge in [-0.2, -0.15) is 0 Å². The minimum atomic E-state index is 0.261. The van der Waals surface area contributed by atoms with Crippen molar-refractivity contribution in [2.45, 2.75) is 18.3 Å². The zero-order valence-electron chi connectivity index (χ0n) is 5.99. The Kier molecular flexibility index (Phi) is 0.735. The molecule has 0 saturated heterocycles. The van der Waals surface area contributed by atoms with Crippen molar-refractivity contribution in [2.75, 3.05) is 0 Å². The van der Waals surface area contributed by atoms with Crippen molar-refractivity contribution in [1.29, 1.82) is 0 Å². The van der Waals surface area contributed by atoms with Gasteiger partial charge in [-0.1, -0.05) is 0 Å². The molecular formula is C8H7N3. The maximum atomic E-state index is 4.24. The van der Waals surface area contributed by atoms with E-state index in [9.17, 15) is 0 Å². The third-order valence-corrected chi connectivity index (χ3v) is 2.45. The van der Waals surface area contributed by atoms with E-state index in [4.69, 9.17) is 0 Å². The summed E-state index contributed by atoms with van der Waals surface area (Å²) in [6.07, 6.45) is 7.90. The first-order valence-corrected chi connectivity index (χ1v) is 3.76. The van der Waals surface area contributed by atoms with Gasteiger partial charge in [-0.15, -0.1) is 0 Å². The van der Waals surface area contributed by atoms with Crippen LogP contribution in [0.4, 0.5) is 5.82 Å². The first-order valence-electron chi connectivity index (χ1n) is 3.76. The van der Waals surface area contributed by atoms with Crippen molar-refractivity contribution in [3.63, 3.8) is 0 Å². The van der Waals surface area contributed by atoms with E-state index in [1.807, 2.05) is 12.4 Å². The monoisotopic (exact) mass is 145 g/mol. The normalized spacial score (nSPS) is 22.2. The van der Waals surface area contributed by atoms with E-state index in [2.05, 4.69) is 15.0 Å². The van der Waals surface area contributed by atoms with Crippen LogP contribution in [0, 0.1) is 0 Å². The van der Waals surface area contributed by atoms with Gasteiger partial charge in [-0.3, -0.25) is 0 Å². The molecule has 1 aliphatic carbocycles. The summed E-state index contributed by atoms with van der Waals surface area (Å²) >= 11 is 0. The van der Waals surface area contributed by atoms with Gasteiger partial charge in [-0.25, -0.2) is 15.0 Å². The number of rotatable bonds is 0. The molecule has 2 aliphatic rings. The Hall–Kier alpha value is -1.25. The number of aromatic nitrogens is 2. The molecule has 3 rings (SSSR count). The maximum absolute atomic E-state index is 4.24. The predicted molar refractivity (Wildman–Crippen MR) is 41.1 cm³/mol. The second kappa shape index (κ2) is 1.49. The lowest BCUT2D eigenvalue weighted by Gasteiger charge is -2.01. The van der Waals surface area contributed by atoms with Gasteiger partial charge in [0, 0.05) is 23.4 Å². The minimum absolute atomic E-state index is 0.261. The topological polar surface area (TPSA) is 38.1 Å². The van der Waals surface area contributed by atoms with E-state index in [0.29, 0.717) is 0 Å². The molecule has 1 spiro atoms.